The predicted molar refractivity (Wildman–Crippen MR) is 95.1 cm³/mol. The fraction of sp³-hybridized carbons (Fsp3) is 0.316. The average Bonchev–Trinajstić information content (AvgIpc) is 2.90. The van der Waals surface area contributed by atoms with Crippen LogP contribution in [0.2, 0.25) is 0 Å². The van der Waals surface area contributed by atoms with Gasteiger partial charge in [0.1, 0.15) is 0 Å². The number of hydrogen-bond acceptors (Lipinski definition) is 3. The molecule has 3 aromatic rings. The minimum absolute atomic E-state index is 0.0372. The summed E-state index contributed by atoms with van der Waals surface area (Å²) >= 11 is 0. The number of pyridine rings is 1. The third kappa shape index (κ3) is 3.87. The van der Waals surface area contributed by atoms with E-state index in [1.165, 1.54) is 0 Å². The molecule has 26 heavy (non-hydrogen) atoms. The summed E-state index contributed by atoms with van der Waals surface area (Å²) in [6.45, 7) is 0.913. The zero-order chi connectivity index (χ0) is 18.7. The molecule has 0 aliphatic heterocycles. The lowest BCUT2D eigenvalue weighted by Gasteiger charge is -2.07. The van der Waals surface area contributed by atoms with Crippen LogP contribution in [0.5, 0.6) is 0 Å². The van der Waals surface area contributed by atoms with Crippen LogP contribution in [-0.4, -0.2) is 27.2 Å². The predicted octanol–water partition coefficient (Wildman–Crippen LogP) is 3.34. The fourth-order valence-corrected chi connectivity index (χ4v) is 2.94. The molecule has 1 aromatic carbocycles. The highest BCUT2D eigenvalue weighted by atomic mass is 19.3. The topological polar surface area (TPSA) is 59.8 Å². The zero-order valence-electron chi connectivity index (χ0n) is 14.7. The van der Waals surface area contributed by atoms with E-state index < -0.39 is 6.55 Å². The number of aryl methyl sites for hydroxylation is 1. The van der Waals surface area contributed by atoms with Gasteiger partial charge >= 0.3 is 6.55 Å². The quantitative estimate of drug-likeness (QED) is 0.735. The molecule has 2 heterocycles. The van der Waals surface area contributed by atoms with Crippen LogP contribution in [0.3, 0.4) is 0 Å². The first-order chi connectivity index (χ1) is 12.5. The van der Waals surface area contributed by atoms with Crippen LogP contribution >= 0.6 is 0 Å². The van der Waals surface area contributed by atoms with Gasteiger partial charge in [0.2, 0.25) is 5.91 Å². The second kappa shape index (κ2) is 7.59. The Morgan fingerprint density at radius 3 is 2.69 bits per heavy atom. The Kier molecular flexibility index (Phi) is 5.25. The first-order valence-electron chi connectivity index (χ1n) is 8.40. The molecule has 0 unspecified atom stereocenters. The normalized spacial score (nSPS) is 11.3. The zero-order valence-corrected chi connectivity index (χ0v) is 14.7. The highest BCUT2D eigenvalue weighted by Gasteiger charge is 2.19. The molecule has 0 saturated heterocycles. The molecular formula is C19H20F2N4O. The van der Waals surface area contributed by atoms with Crippen molar-refractivity contribution in [1.82, 2.24) is 20.1 Å². The Hall–Kier alpha value is -2.83. The average molecular weight is 358 g/mol. The van der Waals surface area contributed by atoms with Gasteiger partial charge in [-0.15, -0.1) is 0 Å². The van der Waals surface area contributed by atoms with Crippen molar-refractivity contribution in [3.8, 4) is 0 Å². The Balaban J connectivity index is 1.57. The number of fused-ring (bicyclic) bond motifs is 1. The summed E-state index contributed by atoms with van der Waals surface area (Å²) in [5.74, 6) is -0.217. The van der Waals surface area contributed by atoms with Crippen LogP contribution in [-0.2, 0) is 17.6 Å². The number of carbonyl (C=O) groups excluding carboxylic acids is 1. The highest BCUT2D eigenvalue weighted by molar-refractivity contribution is 5.79. The molecule has 0 fully saturated rings. The number of rotatable bonds is 6. The monoisotopic (exact) mass is 358 g/mol. The molecule has 7 heteroatoms. The summed E-state index contributed by atoms with van der Waals surface area (Å²) in [5.41, 5.74) is 3.13. The molecule has 1 amide bonds. The standard InChI is InChI=1S/C19H20F2N4O/c1-12-16(13(2)25(24-12)19(20)21)11-18(26)22-10-9-15-8-7-14-5-3-4-6-17(14)23-15/h3-8,19H,9-11H2,1-2H3,(H,22,26). The molecule has 3 rings (SSSR count). The van der Waals surface area contributed by atoms with Gasteiger partial charge in [-0.2, -0.15) is 13.9 Å². The van der Waals surface area contributed by atoms with Gasteiger partial charge in [0.25, 0.3) is 0 Å². The number of nitrogens with zero attached hydrogens (tertiary/aromatic N) is 3. The van der Waals surface area contributed by atoms with Crippen molar-refractivity contribution >= 4 is 16.8 Å². The van der Waals surface area contributed by atoms with Crippen molar-refractivity contribution < 1.29 is 13.6 Å². The maximum absolute atomic E-state index is 12.9. The van der Waals surface area contributed by atoms with E-state index in [1.807, 2.05) is 36.4 Å². The van der Waals surface area contributed by atoms with E-state index in [4.69, 9.17) is 0 Å². The lowest BCUT2D eigenvalue weighted by molar-refractivity contribution is -0.120. The number of alkyl halides is 2. The number of carbonyl (C=O) groups is 1. The third-order valence-electron chi connectivity index (χ3n) is 4.36. The van der Waals surface area contributed by atoms with Crippen molar-refractivity contribution in [1.29, 1.82) is 0 Å². The molecular weight excluding hydrogens is 338 g/mol. The molecule has 136 valence electrons. The second-order valence-electron chi connectivity index (χ2n) is 6.14. The molecule has 0 atom stereocenters. The van der Waals surface area contributed by atoms with E-state index >= 15 is 0 Å². The molecule has 5 nitrogen and oxygen atoms in total. The minimum atomic E-state index is -2.70. The van der Waals surface area contributed by atoms with E-state index in [0.717, 1.165) is 16.6 Å². The number of halogens is 2. The SMILES string of the molecule is Cc1nn(C(F)F)c(C)c1CC(=O)NCCc1ccc2ccccc2n1. The van der Waals surface area contributed by atoms with Crippen LogP contribution < -0.4 is 5.32 Å². The van der Waals surface area contributed by atoms with Crippen LogP contribution in [0.1, 0.15) is 29.2 Å². The number of amides is 1. The number of hydrogen-bond donors (Lipinski definition) is 1. The van der Waals surface area contributed by atoms with Gasteiger partial charge in [0.05, 0.1) is 17.6 Å². The first-order valence-corrected chi connectivity index (χ1v) is 8.40. The van der Waals surface area contributed by atoms with E-state index in [1.54, 1.807) is 13.8 Å². The van der Waals surface area contributed by atoms with E-state index in [9.17, 15) is 13.6 Å². The maximum atomic E-state index is 12.9. The van der Waals surface area contributed by atoms with E-state index in [2.05, 4.69) is 15.4 Å². The lowest BCUT2D eigenvalue weighted by Crippen LogP contribution is -2.27. The Labute approximate surface area is 150 Å². The third-order valence-corrected chi connectivity index (χ3v) is 4.36. The summed E-state index contributed by atoms with van der Waals surface area (Å²) in [7, 11) is 0. The van der Waals surface area contributed by atoms with Gasteiger partial charge in [0, 0.05) is 35.3 Å². The molecule has 0 spiro atoms. The molecule has 0 bridgehead atoms. The van der Waals surface area contributed by atoms with Crippen molar-refractivity contribution in [2.75, 3.05) is 6.54 Å². The summed E-state index contributed by atoms with van der Waals surface area (Å²) in [6.07, 6.45) is 0.639. The van der Waals surface area contributed by atoms with Crippen LogP contribution in [0, 0.1) is 13.8 Å². The second-order valence-corrected chi connectivity index (χ2v) is 6.14. The van der Waals surface area contributed by atoms with Gasteiger partial charge in [-0.1, -0.05) is 24.3 Å². The van der Waals surface area contributed by atoms with Crippen LogP contribution in [0.4, 0.5) is 8.78 Å². The summed E-state index contributed by atoms with van der Waals surface area (Å²) < 4.78 is 26.4. The Morgan fingerprint density at radius 1 is 1.19 bits per heavy atom. The molecule has 1 N–H and O–H groups in total. The fourth-order valence-electron chi connectivity index (χ4n) is 2.94. The van der Waals surface area contributed by atoms with Gasteiger partial charge in [0.15, 0.2) is 0 Å². The molecule has 0 radical (unpaired) electrons. The van der Waals surface area contributed by atoms with Crippen molar-refractivity contribution in [2.45, 2.75) is 33.2 Å². The van der Waals surface area contributed by atoms with Crippen molar-refractivity contribution in [2.24, 2.45) is 0 Å². The maximum Gasteiger partial charge on any atom is 0.333 e. The van der Waals surface area contributed by atoms with Crippen LogP contribution in [0.15, 0.2) is 36.4 Å². The molecule has 0 aliphatic rings. The summed E-state index contributed by atoms with van der Waals surface area (Å²) in [4.78, 5) is 16.7. The number of nitrogens with one attached hydrogen (secondary N) is 1. The van der Waals surface area contributed by atoms with Gasteiger partial charge < -0.3 is 5.32 Å². The summed E-state index contributed by atoms with van der Waals surface area (Å²) in [6, 6.07) is 11.8. The highest BCUT2D eigenvalue weighted by Crippen LogP contribution is 2.19. The van der Waals surface area contributed by atoms with Gasteiger partial charge in [-0.25, -0.2) is 4.68 Å². The lowest BCUT2D eigenvalue weighted by atomic mass is 10.1. The summed E-state index contributed by atoms with van der Waals surface area (Å²) in [5, 5.41) is 7.68. The molecule has 2 aromatic heterocycles. The van der Waals surface area contributed by atoms with Crippen molar-refractivity contribution in [3.63, 3.8) is 0 Å². The van der Waals surface area contributed by atoms with Crippen LogP contribution in [0.25, 0.3) is 10.9 Å². The number of benzene rings is 1. The largest absolute Gasteiger partial charge is 0.355 e. The number of aromatic nitrogens is 3. The molecule has 0 aliphatic carbocycles. The smallest absolute Gasteiger partial charge is 0.333 e. The molecule has 0 saturated carbocycles. The van der Waals surface area contributed by atoms with Crippen molar-refractivity contribution in [3.05, 3.63) is 59.0 Å². The van der Waals surface area contributed by atoms with Gasteiger partial charge in [-0.05, 0) is 26.0 Å². The van der Waals surface area contributed by atoms with E-state index in [0.29, 0.717) is 34.6 Å². The first kappa shape index (κ1) is 18.0. The van der Waals surface area contributed by atoms with Gasteiger partial charge in [-0.3, -0.25) is 9.78 Å². The Bertz CT molecular complexity index is 936. The Morgan fingerprint density at radius 2 is 1.96 bits per heavy atom. The van der Waals surface area contributed by atoms with E-state index in [-0.39, 0.29) is 12.3 Å². The number of para-hydroxylation sites is 1. The minimum Gasteiger partial charge on any atom is -0.355 e.